The van der Waals surface area contributed by atoms with Crippen LogP contribution in [0.4, 0.5) is 10.9 Å². The van der Waals surface area contributed by atoms with Gasteiger partial charge in [0.05, 0.1) is 14.9 Å². The number of nitrogens with one attached hydrogen (secondary N) is 2. The van der Waals surface area contributed by atoms with Gasteiger partial charge >= 0.3 is 0 Å². The number of thiazole rings is 1. The highest BCUT2D eigenvalue weighted by atomic mass is 35.5. The van der Waals surface area contributed by atoms with Crippen LogP contribution in [0.15, 0.2) is 18.2 Å². The lowest BCUT2D eigenvalue weighted by molar-refractivity contribution is -0.116. The van der Waals surface area contributed by atoms with Crippen molar-refractivity contribution in [1.29, 1.82) is 0 Å². The number of hydrogen-bond donors (Lipinski definition) is 2. The predicted molar refractivity (Wildman–Crippen MR) is 83.2 cm³/mol. The van der Waals surface area contributed by atoms with Crippen molar-refractivity contribution in [2.45, 2.75) is 12.3 Å². The standard InChI is InChI=1S/C13H11Cl2N3OS/c1-16-13-18-12-11(20-13)7(5-9(19)17-12)6-3-2-4-8(14)10(6)15/h2-4,7H,5H2,1H3,(H,16,18)(H,17,19)/t7-/m0/s1. The quantitative estimate of drug-likeness (QED) is 0.877. The number of carbonyl (C=O) groups is 1. The molecule has 1 amide bonds. The number of nitrogens with zero attached hydrogens (tertiary/aromatic N) is 1. The first-order valence-corrected chi connectivity index (χ1v) is 7.59. The van der Waals surface area contributed by atoms with Crippen LogP contribution in [0.2, 0.25) is 10.0 Å². The Balaban J connectivity index is 2.12. The molecule has 4 nitrogen and oxygen atoms in total. The molecule has 3 rings (SSSR count). The molecule has 2 N–H and O–H groups in total. The van der Waals surface area contributed by atoms with Gasteiger partial charge in [-0.25, -0.2) is 4.98 Å². The summed E-state index contributed by atoms with van der Waals surface area (Å²) in [4.78, 5) is 17.2. The zero-order valence-electron chi connectivity index (χ0n) is 10.5. The van der Waals surface area contributed by atoms with Crippen LogP contribution in [0.5, 0.6) is 0 Å². The monoisotopic (exact) mass is 327 g/mol. The molecule has 1 aliphatic rings. The van der Waals surface area contributed by atoms with Crippen LogP contribution in [-0.4, -0.2) is 17.9 Å². The van der Waals surface area contributed by atoms with Gasteiger partial charge in [-0.05, 0) is 11.6 Å². The van der Waals surface area contributed by atoms with E-state index in [0.29, 0.717) is 22.3 Å². The van der Waals surface area contributed by atoms with E-state index in [1.165, 1.54) is 11.3 Å². The molecular weight excluding hydrogens is 317 g/mol. The molecular formula is C13H11Cl2N3OS. The molecule has 0 aliphatic carbocycles. The summed E-state index contributed by atoms with van der Waals surface area (Å²) in [5, 5.41) is 7.55. The molecule has 0 unspecified atom stereocenters. The fourth-order valence-corrected chi connectivity index (χ4v) is 3.70. The van der Waals surface area contributed by atoms with Crippen molar-refractivity contribution < 1.29 is 4.79 Å². The third kappa shape index (κ3) is 2.26. The first-order valence-electron chi connectivity index (χ1n) is 6.02. The van der Waals surface area contributed by atoms with E-state index in [2.05, 4.69) is 15.6 Å². The summed E-state index contributed by atoms with van der Waals surface area (Å²) < 4.78 is 0. The Kier molecular flexibility index (Phi) is 3.58. The van der Waals surface area contributed by atoms with Crippen molar-refractivity contribution in [3.63, 3.8) is 0 Å². The molecule has 1 aliphatic heterocycles. The number of carbonyl (C=O) groups excluding carboxylic acids is 1. The molecule has 1 aromatic carbocycles. The first kappa shape index (κ1) is 13.7. The average Bonchev–Trinajstić information content (AvgIpc) is 2.84. The Bertz CT molecular complexity index is 686. The molecule has 20 heavy (non-hydrogen) atoms. The molecule has 0 saturated heterocycles. The summed E-state index contributed by atoms with van der Waals surface area (Å²) >= 11 is 13.9. The van der Waals surface area contributed by atoms with Gasteiger partial charge in [-0.15, -0.1) is 0 Å². The van der Waals surface area contributed by atoms with E-state index in [1.807, 2.05) is 12.1 Å². The molecule has 2 aromatic rings. The minimum atomic E-state index is -0.107. The van der Waals surface area contributed by atoms with Crippen LogP contribution in [0, 0.1) is 0 Å². The molecule has 2 heterocycles. The second kappa shape index (κ2) is 5.24. The summed E-state index contributed by atoms with van der Waals surface area (Å²) in [6.07, 6.45) is 0.346. The van der Waals surface area contributed by atoms with Gasteiger partial charge in [-0.3, -0.25) is 4.79 Å². The maximum Gasteiger partial charge on any atom is 0.226 e. The number of aromatic nitrogens is 1. The van der Waals surface area contributed by atoms with Crippen molar-refractivity contribution >= 4 is 51.4 Å². The summed E-state index contributed by atoms with van der Waals surface area (Å²) in [5.41, 5.74) is 0.863. The summed E-state index contributed by atoms with van der Waals surface area (Å²) in [6.45, 7) is 0. The van der Waals surface area contributed by atoms with Gasteiger partial charge in [0.2, 0.25) is 5.91 Å². The van der Waals surface area contributed by atoms with E-state index >= 15 is 0 Å². The van der Waals surface area contributed by atoms with Crippen LogP contribution in [0.3, 0.4) is 0 Å². The number of hydrogen-bond acceptors (Lipinski definition) is 4. The maximum atomic E-state index is 11.9. The van der Waals surface area contributed by atoms with E-state index in [1.54, 1.807) is 13.1 Å². The largest absolute Gasteiger partial charge is 0.365 e. The Hall–Kier alpha value is -1.30. The number of rotatable bonds is 2. The molecule has 0 spiro atoms. The highest BCUT2D eigenvalue weighted by Gasteiger charge is 2.31. The van der Waals surface area contributed by atoms with Gasteiger partial charge in [0, 0.05) is 19.4 Å². The SMILES string of the molecule is CNc1nc2c(s1)[C@H](c1cccc(Cl)c1Cl)CC(=O)N2. The fourth-order valence-electron chi connectivity index (χ4n) is 2.27. The van der Waals surface area contributed by atoms with Crippen molar-refractivity contribution in [3.8, 4) is 0 Å². The van der Waals surface area contributed by atoms with E-state index in [4.69, 9.17) is 23.2 Å². The minimum absolute atomic E-state index is 0.0634. The molecule has 0 fully saturated rings. The van der Waals surface area contributed by atoms with Crippen LogP contribution < -0.4 is 10.6 Å². The summed E-state index contributed by atoms with van der Waals surface area (Å²) in [6, 6.07) is 5.48. The second-order valence-electron chi connectivity index (χ2n) is 4.43. The molecule has 0 saturated carbocycles. The third-order valence-electron chi connectivity index (χ3n) is 3.19. The Morgan fingerprint density at radius 1 is 1.45 bits per heavy atom. The van der Waals surface area contributed by atoms with Crippen molar-refractivity contribution in [2.75, 3.05) is 17.7 Å². The van der Waals surface area contributed by atoms with Gasteiger partial charge in [0.15, 0.2) is 5.13 Å². The predicted octanol–water partition coefficient (Wildman–Crippen LogP) is 3.97. The van der Waals surface area contributed by atoms with Crippen LogP contribution in [0.1, 0.15) is 22.8 Å². The number of benzene rings is 1. The van der Waals surface area contributed by atoms with Gasteiger partial charge in [-0.1, -0.05) is 46.7 Å². The van der Waals surface area contributed by atoms with E-state index in [9.17, 15) is 4.79 Å². The Morgan fingerprint density at radius 3 is 3.00 bits per heavy atom. The van der Waals surface area contributed by atoms with Crippen molar-refractivity contribution in [1.82, 2.24) is 4.98 Å². The second-order valence-corrected chi connectivity index (χ2v) is 6.25. The average molecular weight is 328 g/mol. The van der Waals surface area contributed by atoms with Gasteiger partial charge in [-0.2, -0.15) is 0 Å². The number of anilines is 2. The zero-order valence-corrected chi connectivity index (χ0v) is 12.9. The van der Waals surface area contributed by atoms with Crippen LogP contribution in [0.25, 0.3) is 0 Å². The molecule has 7 heteroatoms. The van der Waals surface area contributed by atoms with Crippen molar-refractivity contribution in [3.05, 3.63) is 38.7 Å². The van der Waals surface area contributed by atoms with Gasteiger partial charge in [0.25, 0.3) is 0 Å². The van der Waals surface area contributed by atoms with E-state index in [0.717, 1.165) is 15.6 Å². The fraction of sp³-hybridized carbons (Fsp3) is 0.231. The third-order valence-corrected chi connectivity index (χ3v) is 5.21. The lowest BCUT2D eigenvalue weighted by Gasteiger charge is -2.22. The number of fused-ring (bicyclic) bond motifs is 1. The van der Waals surface area contributed by atoms with E-state index in [-0.39, 0.29) is 11.8 Å². The molecule has 1 aromatic heterocycles. The van der Waals surface area contributed by atoms with E-state index < -0.39 is 0 Å². The molecule has 104 valence electrons. The van der Waals surface area contributed by atoms with Gasteiger partial charge < -0.3 is 10.6 Å². The van der Waals surface area contributed by atoms with Crippen molar-refractivity contribution in [2.24, 2.45) is 0 Å². The van der Waals surface area contributed by atoms with Crippen LogP contribution in [-0.2, 0) is 4.79 Å². The topological polar surface area (TPSA) is 54.0 Å². The highest BCUT2D eigenvalue weighted by molar-refractivity contribution is 7.16. The number of amides is 1. The Morgan fingerprint density at radius 2 is 2.25 bits per heavy atom. The normalized spacial score (nSPS) is 17.6. The summed E-state index contributed by atoms with van der Waals surface area (Å²) in [5.74, 6) is 0.438. The lowest BCUT2D eigenvalue weighted by Crippen LogP contribution is -2.22. The molecule has 1 atom stereocenters. The summed E-state index contributed by atoms with van der Waals surface area (Å²) in [7, 11) is 1.80. The lowest BCUT2D eigenvalue weighted by atomic mass is 9.91. The maximum absolute atomic E-state index is 11.9. The number of halogens is 2. The Labute approximate surface area is 130 Å². The molecule has 0 bridgehead atoms. The molecule has 0 radical (unpaired) electrons. The highest BCUT2D eigenvalue weighted by Crippen LogP contribution is 2.45. The zero-order chi connectivity index (χ0) is 14.3. The van der Waals surface area contributed by atoms with Gasteiger partial charge in [0.1, 0.15) is 5.82 Å². The first-order chi connectivity index (χ1) is 9.60. The van der Waals surface area contributed by atoms with Crippen LogP contribution >= 0.6 is 34.5 Å². The smallest absolute Gasteiger partial charge is 0.226 e. The minimum Gasteiger partial charge on any atom is -0.365 e.